The largest absolute Gasteiger partial charge is 0.315 e. The van der Waals surface area contributed by atoms with Gasteiger partial charge in [-0.2, -0.15) is 0 Å². The first-order chi connectivity index (χ1) is 8.41. The Balaban J connectivity index is 2.27. The third-order valence-corrected chi connectivity index (χ3v) is 5.27. The number of hydrogen-bond donors (Lipinski definition) is 1. The molecule has 1 N–H and O–H groups in total. The predicted octanol–water partition coefficient (Wildman–Crippen LogP) is 1.13. The van der Waals surface area contributed by atoms with Gasteiger partial charge in [-0.05, 0) is 38.8 Å². The van der Waals surface area contributed by atoms with Crippen LogP contribution in [0.15, 0.2) is 0 Å². The number of rotatable bonds is 6. The quantitative estimate of drug-likeness (QED) is 0.739. The van der Waals surface area contributed by atoms with Gasteiger partial charge in [-0.25, -0.2) is 8.42 Å². The molecule has 0 aromatic carbocycles. The van der Waals surface area contributed by atoms with Crippen molar-refractivity contribution in [3.05, 3.63) is 0 Å². The van der Waals surface area contributed by atoms with Crippen molar-refractivity contribution in [2.75, 3.05) is 37.7 Å². The molecule has 1 atom stereocenters. The lowest BCUT2D eigenvalue weighted by atomic mass is 10.1. The molecule has 1 aliphatic heterocycles. The first kappa shape index (κ1) is 15.9. The molecule has 1 rings (SSSR count). The Hall–Kier alpha value is -0.130. The van der Waals surface area contributed by atoms with Crippen LogP contribution < -0.4 is 5.32 Å². The van der Waals surface area contributed by atoms with Gasteiger partial charge in [0.25, 0.3) is 0 Å². The molecule has 0 bridgehead atoms. The smallest absolute Gasteiger partial charge is 0.151 e. The molecule has 4 nitrogen and oxygen atoms in total. The lowest BCUT2D eigenvalue weighted by Gasteiger charge is -2.27. The van der Waals surface area contributed by atoms with Crippen molar-refractivity contribution in [3.63, 3.8) is 0 Å². The van der Waals surface area contributed by atoms with Crippen molar-refractivity contribution in [2.45, 2.75) is 39.7 Å². The van der Waals surface area contributed by atoms with E-state index in [9.17, 15) is 8.42 Å². The average Bonchev–Trinajstić information content (AvgIpc) is 2.45. The van der Waals surface area contributed by atoms with E-state index in [4.69, 9.17) is 0 Å². The highest BCUT2D eigenvalue weighted by atomic mass is 32.2. The Kier molecular flexibility index (Phi) is 6.60. The second kappa shape index (κ2) is 7.46. The number of sulfone groups is 1. The molecule has 18 heavy (non-hydrogen) atoms. The lowest BCUT2D eigenvalue weighted by molar-refractivity contribution is 0.219. The fourth-order valence-corrected chi connectivity index (χ4v) is 3.52. The van der Waals surface area contributed by atoms with Gasteiger partial charge in [0.15, 0.2) is 9.84 Å². The third kappa shape index (κ3) is 6.16. The Morgan fingerprint density at radius 3 is 2.56 bits per heavy atom. The van der Waals surface area contributed by atoms with Crippen LogP contribution in [0.1, 0.15) is 33.6 Å². The molecule has 0 spiro atoms. The summed E-state index contributed by atoms with van der Waals surface area (Å²) in [6.07, 6.45) is 1.97. The Morgan fingerprint density at radius 1 is 1.17 bits per heavy atom. The van der Waals surface area contributed by atoms with Crippen LogP contribution in [-0.2, 0) is 9.84 Å². The highest BCUT2D eigenvalue weighted by Crippen LogP contribution is 2.08. The van der Waals surface area contributed by atoms with Crippen molar-refractivity contribution in [2.24, 2.45) is 5.92 Å². The second-order valence-electron chi connectivity index (χ2n) is 5.78. The first-order valence-corrected chi connectivity index (χ1v) is 8.88. The molecule has 108 valence electrons. The molecular formula is C13H28N2O2S. The van der Waals surface area contributed by atoms with E-state index >= 15 is 0 Å². The van der Waals surface area contributed by atoms with E-state index in [0.717, 1.165) is 32.0 Å². The molecular weight excluding hydrogens is 248 g/mol. The standard InChI is InChI=1S/C13H28N2O2S/c1-12(2)5-6-14-11-13(3)15-7-4-9-18(16,17)10-8-15/h12-14H,4-11H2,1-3H3. The molecule has 1 unspecified atom stereocenters. The van der Waals surface area contributed by atoms with Crippen LogP contribution in [0.25, 0.3) is 0 Å². The van der Waals surface area contributed by atoms with Gasteiger partial charge in [-0.1, -0.05) is 13.8 Å². The monoisotopic (exact) mass is 276 g/mol. The van der Waals surface area contributed by atoms with E-state index < -0.39 is 9.84 Å². The molecule has 1 heterocycles. The van der Waals surface area contributed by atoms with Crippen LogP contribution in [0.3, 0.4) is 0 Å². The average molecular weight is 276 g/mol. The fraction of sp³-hybridized carbons (Fsp3) is 1.00. The zero-order chi connectivity index (χ0) is 13.6. The first-order valence-electron chi connectivity index (χ1n) is 7.06. The van der Waals surface area contributed by atoms with Crippen LogP contribution in [0.5, 0.6) is 0 Å². The molecule has 1 aliphatic rings. The molecule has 1 fully saturated rings. The summed E-state index contributed by atoms with van der Waals surface area (Å²) in [5, 5.41) is 3.46. The van der Waals surface area contributed by atoms with E-state index in [1.807, 2.05) is 0 Å². The molecule has 0 aliphatic carbocycles. The van der Waals surface area contributed by atoms with Crippen molar-refractivity contribution in [1.82, 2.24) is 10.2 Å². The SMILES string of the molecule is CC(C)CCNCC(C)N1CCCS(=O)(=O)CC1. The summed E-state index contributed by atoms with van der Waals surface area (Å²) in [6, 6.07) is 0.422. The van der Waals surface area contributed by atoms with E-state index in [1.54, 1.807) is 0 Å². The maximum atomic E-state index is 11.5. The Morgan fingerprint density at radius 2 is 1.89 bits per heavy atom. The van der Waals surface area contributed by atoms with E-state index in [-0.39, 0.29) is 0 Å². The summed E-state index contributed by atoms with van der Waals surface area (Å²) in [6.45, 7) is 10.2. The van der Waals surface area contributed by atoms with Crippen LogP contribution in [0.4, 0.5) is 0 Å². The minimum absolute atomic E-state index is 0.323. The normalized spacial score (nSPS) is 22.9. The minimum atomic E-state index is -2.78. The topological polar surface area (TPSA) is 49.4 Å². The van der Waals surface area contributed by atoms with Gasteiger partial charge in [-0.3, -0.25) is 4.90 Å². The predicted molar refractivity (Wildman–Crippen MR) is 76.6 cm³/mol. The van der Waals surface area contributed by atoms with Crippen LogP contribution in [0, 0.1) is 5.92 Å². The summed E-state index contributed by atoms with van der Waals surface area (Å²) in [7, 11) is -2.78. The highest BCUT2D eigenvalue weighted by molar-refractivity contribution is 7.91. The van der Waals surface area contributed by atoms with Gasteiger partial charge < -0.3 is 5.32 Å². The molecule has 0 aromatic rings. The van der Waals surface area contributed by atoms with Crippen LogP contribution in [-0.4, -0.2) is 57.0 Å². The maximum Gasteiger partial charge on any atom is 0.151 e. The van der Waals surface area contributed by atoms with Gasteiger partial charge >= 0.3 is 0 Å². The van der Waals surface area contributed by atoms with Gasteiger partial charge in [0, 0.05) is 19.1 Å². The van der Waals surface area contributed by atoms with E-state index in [1.165, 1.54) is 6.42 Å². The van der Waals surface area contributed by atoms with Gasteiger partial charge in [0.2, 0.25) is 0 Å². The van der Waals surface area contributed by atoms with E-state index in [0.29, 0.717) is 24.1 Å². The minimum Gasteiger partial charge on any atom is -0.315 e. The zero-order valence-electron chi connectivity index (χ0n) is 12.0. The summed E-state index contributed by atoms with van der Waals surface area (Å²) in [5.74, 6) is 1.41. The number of nitrogens with zero attached hydrogens (tertiary/aromatic N) is 1. The molecule has 0 aromatic heterocycles. The van der Waals surface area contributed by atoms with Crippen molar-refractivity contribution < 1.29 is 8.42 Å². The fourth-order valence-electron chi connectivity index (χ4n) is 2.23. The van der Waals surface area contributed by atoms with Crippen LogP contribution in [0.2, 0.25) is 0 Å². The van der Waals surface area contributed by atoms with Gasteiger partial charge in [0.1, 0.15) is 0 Å². The Bertz CT molecular complexity index is 328. The second-order valence-corrected chi connectivity index (χ2v) is 8.08. The number of hydrogen-bond acceptors (Lipinski definition) is 4. The lowest BCUT2D eigenvalue weighted by Crippen LogP contribution is -2.42. The van der Waals surface area contributed by atoms with Crippen molar-refractivity contribution in [1.29, 1.82) is 0 Å². The van der Waals surface area contributed by atoms with E-state index in [2.05, 4.69) is 31.0 Å². The van der Waals surface area contributed by atoms with Crippen molar-refractivity contribution >= 4 is 9.84 Å². The van der Waals surface area contributed by atoms with Crippen molar-refractivity contribution in [3.8, 4) is 0 Å². The van der Waals surface area contributed by atoms with Gasteiger partial charge in [-0.15, -0.1) is 0 Å². The maximum absolute atomic E-state index is 11.5. The molecule has 0 amide bonds. The molecule has 0 saturated carbocycles. The Labute approximate surface area is 112 Å². The third-order valence-electron chi connectivity index (χ3n) is 3.55. The summed E-state index contributed by atoms with van der Waals surface area (Å²) >= 11 is 0. The van der Waals surface area contributed by atoms with Gasteiger partial charge in [0.05, 0.1) is 11.5 Å². The highest BCUT2D eigenvalue weighted by Gasteiger charge is 2.21. The number of nitrogens with one attached hydrogen (secondary N) is 1. The molecule has 5 heteroatoms. The molecule has 1 saturated heterocycles. The molecule has 0 radical (unpaired) electrons. The summed E-state index contributed by atoms with van der Waals surface area (Å²) in [4.78, 5) is 2.30. The van der Waals surface area contributed by atoms with Crippen LogP contribution >= 0.6 is 0 Å². The summed E-state index contributed by atoms with van der Waals surface area (Å²) < 4.78 is 23.1. The summed E-state index contributed by atoms with van der Waals surface area (Å²) in [5.41, 5.74) is 0. The zero-order valence-corrected chi connectivity index (χ0v) is 12.8.